The molecule has 0 bridgehead atoms. The van der Waals surface area contributed by atoms with Crippen LogP contribution in [0.5, 0.6) is 0 Å². The number of hydrogen-bond donors (Lipinski definition) is 3. The summed E-state index contributed by atoms with van der Waals surface area (Å²) in [6.45, 7) is 3.49. The largest absolute Gasteiger partial charge is 0.378 e. The van der Waals surface area contributed by atoms with Gasteiger partial charge in [-0.1, -0.05) is 6.42 Å². The molecule has 2 heterocycles. The SMILES string of the molecule is CNC(=O)C1CCCC1NC(=O)NCc1ccnc(N2CCOCC2)c1. The summed E-state index contributed by atoms with van der Waals surface area (Å²) in [7, 11) is 1.63. The Morgan fingerprint density at radius 3 is 2.88 bits per heavy atom. The Morgan fingerprint density at radius 2 is 2.12 bits per heavy atom. The van der Waals surface area contributed by atoms with Gasteiger partial charge in [-0.25, -0.2) is 9.78 Å². The summed E-state index contributed by atoms with van der Waals surface area (Å²) in [5, 5.41) is 8.49. The van der Waals surface area contributed by atoms with E-state index >= 15 is 0 Å². The number of urea groups is 1. The molecule has 8 nitrogen and oxygen atoms in total. The summed E-state index contributed by atoms with van der Waals surface area (Å²) in [6, 6.07) is 3.55. The van der Waals surface area contributed by atoms with Gasteiger partial charge < -0.3 is 25.6 Å². The van der Waals surface area contributed by atoms with Crippen LogP contribution in [0.25, 0.3) is 0 Å². The van der Waals surface area contributed by atoms with Crippen LogP contribution in [-0.4, -0.2) is 56.3 Å². The van der Waals surface area contributed by atoms with E-state index in [4.69, 9.17) is 4.74 Å². The molecule has 2 unspecified atom stereocenters. The maximum atomic E-state index is 12.2. The standard InChI is InChI=1S/C18H27N5O3/c1-19-17(24)14-3-2-4-15(14)22-18(25)21-12-13-5-6-20-16(11-13)23-7-9-26-10-8-23/h5-6,11,14-15H,2-4,7-10,12H2,1H3,(H,19,24)(H2,21,22,25). The second kappa shape index (κ2) is 8.84. The van der Waals surface area contributed by atoms with Gasteiger partial charge in [0.25, 0.3) is 0 Å². The van der Waals surface area contributed by atoms with Crippen molar-refractivity contribution < 1.29 is 14.3 Å². The lowest BCUT2D eigenvalue weighted by Crippen LogP contribution is -2.46. The molecule has 1 aliphatic carbocycles. The Hall–Kier alpha value is -2.35. The second-order valence-corrected chi connectivity index (χ2v) is 6.71. The van der Waals surface area contributed by atoms with E-state index in [2.05, 4.69) is 25.8 Å². The molecule has 1 aromatic heterocycles. The molecule has 2 aliphatic rings. The highest BCUT2D eigenvalue weighted by Crippen LogP contribution is 2.25. The molecule has 2 atom stereocenters. The fourth-order valence-corrected chi connectivity index (χ4v) is 3.57. The zero-order valence-electron chi connectivity index (χ0n) is 15.2. The van der Waals surface area contributed by atoms with Crippen LogP contribution < -0.4 is 20.9 Å². The van der Waals surface area contributed by atoms with Gasteiger partial charge in [0, 0.05) is 38.9 Å². The first kappa shape index (κ1) is 18.4. The first-order valence-corrected chi connectivity index (χ1v) is 9.21. The van der Waals surface area contributed by atoms with Crippen LogP contribution in [-0.2, 0) is 16.1 Å². The molecule has 3 amide bonds. The normalized spacial score (nSPS) is 22.7. The third-order valence-electron chi connectivity index (χ3n) is 5.01. The van der Waals surface area contributed by atoms with Gasteiger partial charge >= 0.3 is 6.03 Å². The van der Waals surface area contributed by atoms with E-state index in [1.807, 2.05) is 12.1 Å². The van der Waals surface area contributed by atoms with E-state index in [1.54, 1.807) is 13.2 Å². The van der Waals surface area contributed by atoms with Gasteiger partial charge in [0.05, 0.1) is 19.1 Å². The van der Waals surface area contributed by atoms with Gasteiger partial charge in [0.1, 0.15) is 5.82 Å². The first-order valence-electron chi connectivity index (χ1n) is 9.21. The summed E-state index contributed by atoms with van der Waals surface area (Å²) >= 11 is 0. The number of aromatic nitrogens is 1. The number of carbonyl (C=O) groups excluding carboxylic acids is 2. The molecule has 8 heteroatoms. The number of ether oxygens (including phenoxy) is 1. The van der Waals surface area contributed by atoms with E-state index < -0.39 is 0 Å². The number of rotatable bonds is 5. The van der Waals surface area contributed by atoms with E-state index in [9.17, 15) is 9.59 Å². The van der Waals surface area contributed by atoms with Crippen LogP contribution >= 0.6 is 0 Å². The van der Waals surface area contributed by atoms with Crippen molar-refractivity contribution in [3.8, 4) is 0 Å². The molecule has 142 valence electrons. The van der Waals surface area contributed by atoms with Crippen molar-refractivity contribution in [1.82, 2.24) is 20.9 Å². The molecule has 1 aliphatic heterocycles. The molecule has 2 fully saturated rings. The average molecular weight is 361 g/mol. The minimum atomic E-state index is -0.240. The second-order valence-electron chi connectivity index (χ2n) is 6.71. The van der Waals surface area contributed by atoms with E-state index in [0.29, 0.717) is 19.8 Å². The molecule has 26 heavy (non-hydrogen) atoms. The van der Waals surface area contributed by atoms with Crippen LogP contribution in [0, 0.1) is 5.92 Å². The number of carbonyl (C=O) groups is 2. The fourth-order valence-electron chi connectivity index (χ4n) is 3.57. The maximum absolute atomic E-state index is 12.2. The number of morpholine rings is 1. The molecule has 1 saturated heterocycles. The number of anilines is 1. The summed E-state index contributed by atoms with van der Waals surface area (Å²) in [5.41, 5.74) is 0.992. The van der Waals surface area contributed by atoms with Crippen LogP contribution in [0.1, 0.15) is 24.8 Å². The molecule has 0 radical (unpaired) electrons. The first-order chi connectivity index (χ1) is 12.7. The topological polar surface area (TPSA) is 95.6 Å². The highest BCUT2D eigenvalue weighted by Gasteiger charge is 2.33. The lowest BCUT2D eigenvalue weighted by Gasteiger charge is -2.28. The van der Waals surface area contributed by atoms with Crippen molar-refractivity contribution in [2.45, 2.75) is 31.8 Å². The Kier molecular flexibility index (Phi) is 6.27. The molecule has 1 aromatic rings. The maximum Gasteiger partial charge on any atom is 0.315 e. The van der Waals surface area contributed by atoms with Gasteiger partial charge in [-0.15, -0.1) is 0 Å². The van der Waals surface area contributed by atoms with Gasteiger partial charge in [-0.05, 0) is 30.5 Å². The quantitative estimate of drug-likeness (QED) is 0.715. The van der Waals surface area contributed by atoms with E-state index in [1.165, 1.54) is 0 Å². The highest BCUT2D eigenvalue weighted by molar-refractivity contribution is 5.81. The monoisotopic (exact) mass is 361 g/mol. The number of hydrogen-bond acceptors (Lipinski definition) is 5. The highest BCUT2D eigenvalue weighted by atomic mass is 16.5. The summed E-state index contributed by atoms with van der Waals surface area (Å²) in [5.74, 6) is 0.764. The number of amides is 3. The Bertz CT molecular complexity index is 633. The van der Waals surface area contributed by atoms with Crippen LogP contribution in [0.3, 0.4) is 0 Å². The minimum Gasteiger partial charge on any atom is -0.378 e. The molecule has 3 rings (SSSR count). The zero-order valence-corrected chi connectivity index (χ0v) is 15.2. The Morgan fingerprint density at radius 1 is 1.31 bits per heavy atom. The molecular formula is C18H27N5O3. The third-order valence-corrected chi connectivity index (χ3v) is 5.01. The predicted molar refractivity (Wildman–Crippen MR) is 97.8 cm³/mol. The van der Waals surface area contributed by atoms with Crippen molar-refractivity contribution in [2.75, 3.05) is 38.3 Å². The molecular weight excluding hydrogens is 334 g/mol. The summed E-state index contributed by atoms with van der Waals surface area (Å²) in [6.07, 6.45) is 4.37. The van der Waals surface area contributed by atoms with Gasteiger partial charge in [0.2, 0.25) is 5.91 Å². The lowest BCUT2D eigenvalue weighted by molar-refractivity contribution is -0.124. The van der Waals surface area contributed by atoms with Crippen molar-refractivity contribution in [1.29, 1.82) is 0 Å². The predicted octanol–water partition coefficient (Wildman–Crippen LogP) is 0.632. The molecule has 3 N–H and O–H groups in total. The molecule has 1 saturated carbocycles. The summed E-state index contributed by atoms with van der Waals surface area (Å²) in [4.78, 5) is 30.7. The van der Waals surface area contributed by atoms with Crippen molar-refractivity contribution in [2.24, 2.45) is 5.92 Å². The molecule has 0 aromatic carbocycles. The van der Waals surface area contributed by atoms with Crippen molar-refractivity contribution in [3.63, 3.8) is 0 Å². The Labute approximate surface area is 153 Å². The van der Waals surface area contributed by atoms with Crippen LogP contribution in [0.15, 0.2) is 18.3 Å². The van der Waals surface area contributed by atoms with E-state index in [0.717, 1.165) is 43.7 Å². The van der Waals surface area contributed by atoms with Crippen molar-refractivity contribution in [3.05, 3.63) is 23.9 Å². The lowest BCUT2D eigenvalue weighted by atomic mass is 10.0. The summed E-state index contributed by atoms with van der Waals surface area (Å²) < 4.78 is 5.36. The van der Waals surface area contributed by atoms with Crippen LogP contribution in [0.2, 0.25) is 0 Å². The number of nitrogens with one attached hydrogen (secondary N) is 3. The Balaban J connectivity index is 1.50. The van der Waals surface area contributed by atoms with Crippen LogP contribution in [0.4, 0.5) is 10.6 Å². The van der Waals surface area contributed by atoms with Gasteiger partial charge in [-0.2, -0.15) is 0 Å². The van der Waals surface area contributed by atoms with Crippen molar-refractivity contribution >= 4 is 17.8 Å². The van der Waals surface area contributed by atoms with Gasteiger partial charge in [-0.3, -0.25) is 4.79 Å². The smallest absolute Gasteiger partial charge is 0.315 e. The third kappa shape index (κ3) is 4.63. The number of nitrogens with zero attached hydrogens (tertiary/aromatic N) is 2. The zero-order chi connectivity index (χ0) is 18.4. The van der Waals surface area contributed by atoms with E-state index in [-0.39, 0.29) is 23.9 Å². The average Bonchev–Trinajstić information content (AvgIpc) is 3.15. The van der Waals surface area contributed by atoms with Gasteiger partial charge in [0.15, 0.2) is 0 Å². The fraction of sp³-hybridized carbons (Fsp3) is 0.611. The minimum absolute atomic E-state index is 0.00270. The number of pyridine rings is 1. The molecule has 0 spiro atoms.